The SMILES string of the molecule is C[C@H](C(=O)Nc1ccc(Cl)cc1Cl)[NH+]1CC[NH+](Cc2ccccc2)CC1. The van der Waals surface area contributed by atoms with E-state index in [0.29, 0.717) is 15.7 Å². The van der Waals surface area contributed by atoms with Gasteiger partial charge in [0.2, 0.25) is 0 Å². The predicted octanol–water partition coefficient (Wildman–Crippen LogP) is 1.30. The number of hydrogen-bond donors (Lipinski definition) is 3. The highest BCUT2D eigenvalue weighted by atomic mass is 35.5. The fraction of sp³-hybridized carbons (Fsp3) is 0.350. The van der Waals surface area contributed by atoms with Crippen LogP contribution in [0.5, 0.6) is 0 Å². The lowest BCUT2D eigenvalue weighted by Crippen LogP contribution is -3.29. The molecule has 1 saturated heterocycles. The van der Waals surface area contributed by atoms with E-state index < -0.39 is 0 Å². The average molecular weight is 394 g/mol. The third-order valence-electron chi connectivity index (χ3n) is 5.09. The minimum atomic E-state index is -0.111. The van der Waals surface area contributed by atoms with Crippen LogP contribution in [0.1, 0.15) is 12.5 Å². The van der Waals surface area contributed by atoms with Crippen molar-refractivity contribution in [1.29, 1.82) is 0 Å². The second kappa shape index (κ2) is 8.87. The van der Waals surface area contributed by atoms with Crippen molar-refractivity contribution in [2.45, 2.75) is 19.5 Å². The quantitative estimate of drug-likeness (QED) is 0.703. The molecule has 3 rings (SSSR count). The molecule has 0 aromatic heterocycles. The Morgan fingerprint density at radius 1 is 1.08 bits per heavy atom. The Morgan fingerprint density at radius 3 is 2.42 bits per heavy atom. The molecule has 1 amide bonds. The summed E-state index contributed by atoms with van der Waals surface area (Å²) in [5.41, 5.74) is 1.98. The van der Waals surface area contributed by atoms with Crippen molar-refractivity contribution < 1.29 is 14.6 Å². The summed E-state index contributed by atoms with van der Waals surface area (Å²) in [6.45, 7) is 7.16. The molecule has 1 aliphatic rings. The van der Waals surface area contributed by atoms with Gasteiger partial charge in [0.05, 0.1) is 10.7 Å². The monoisotopic (exact) mass is 393 g/mol. The maximum Gasteiger partial charge on any atom is 0.282 e. The number of halogens is 2. The van der Waals surface area contributed by atoms with Gasteiger partial charge in [-0.3, -0.25) is 4.79 Å². The Morgan fingerprint density at radius 2 is 1.77 bits per heavy atom. The summed E-state index contributed by atoms with van der Waals surface area (Å²) >= 11 is 12.1. The van der Waals surface area contributed by atoms with E-state index in [4.69, 9.17) is 23.2 Å². The maximum atomic E-state index is 12.6. The number of anilines is 1. The molecule has 1 atom stereocenters. The highest BCUT2D eigenvalue weighted by molar-refractivity contribution is 6.36. The first kappa shape index (κ1) is 19.2. The summed E-state index contributed by atoms with van der Waals surface area (Å²) in [6.07, 6.45) is 0. The van der Waals surface area contributed by atoms with E-state index in [0.717, 1.165) is 32.7 Å². The molecule has 0 aliphatic carbocycles. The Balaban J connectivity index is 1.51. The number of nitrogens with one attached hydrogen (secondary N) is 3. The largest absolute Gasteiger partial charge is 0.322 e. The molecule has 138 valence electrons. The van der Waals surface area contributed by atoms with Crippen LogP contribution in [0.4, 0.5) is 5.69 Å². The van der Waals surface area contributed by atoms with Gasteiger partial charge in [-0.2, -0.15) is 0 Å². The third-order valence-corrected chi connectivity index (χ3v) is 5.64. The Kier molecular flexibility index (Phi) is 6.54. The number of hydrogen-bond acceptors (Lipinski definition) is 1. The van der Waals surface area contributed by atoms with Gasteiger partial charge < -0.3 is 15.1 Å². The molecule has 1 fully saturated rings. The predicted molar refractivity (Wildman–Crippen MR) is 106 cm³/mol. The minimum Gasteiger partial charge on any atom is -0.322 e. The van der Waals surface area contributed by atoms with E-state index >= 15 is 0 Å². The highest BCUT2D eigenvalue weighted by Crippen LogP contribution is 2.25. The van der Waals surface area contributed by atoms with Crippen molar-refractivity contribution in [3.63, 3.8) is 0 Å². The van der Waals surface area contributed by atoms with Crippen molar-refractivity contribution in [3.05, 3.63) is 64.1 Å². The van der Waals surface area contributed by atoms with Crippen molar-refractivity contribution >= 4 is 34.8 Å². The van der Waals surface area contributed by atoms with E-state index in [1.807, 2.05) is 13.0 Å². The fourth-order valence-electron chi connectivity index (χ4n) is 3.44. The van der Waals surface area contributed by atoms with Crippen molar-refractivity contribution in [2.75, 3.05) is 31.5 Å². The van der Waals surface area contributed by atoms with Crippen LogP contribution < -0.4 is 15.1 Å². The summed E-state index contributed by atoms with van der Waals surface area (Å²) in [7, 11) is 0. The van der Waals surface area contributed by atoms with E-state index in [-0.39, 0.29) is 11.9 Å². The van der Waals surface area contributed by atoms with Crippen molar-refractivity contribution in [2.24, 2.45) is 0 Å². The van der Waals surface area contributed by atoms with Gasteiger partial charge in [0.1, 0.15) is 32.7 Å². The normalized spacial score (nSPS) is 21.2. The molecule has 0 unspecified atom stereocenters. The number of quaternary nitrogens is 2. The number of amides is 1. The zero-order valence-electron chi connectivity index (χ0n) is 14.9. The molecule has 1 heterocycles. The van der Waals surface area contributed by atoms with E-state index in [9.17, 15) is 4.79 Å². The van der Waals surface area contributed by atoms with Gasteiger partial charge in [0, 0.05) is 10.6 Å². The van der Waals surface area contributed by atoms with Crippen molar-refractivity contribution in [1.82, 2.24) is 0 Å². The molecule has 3 N–H and O–H groups in total. The summed E-state index contributed by atoms with van der Waals surface area (Å²) in [5, 5.41) is 3.95. The summed E-state index contributed by atoms with van der Waals surface area (Å²) in [6, 6.07) is 15.6. The van der Waals surface area contributed by atoms with Crippen LogP contribution >= 0.6 is 23.2 Å². The lowest BCUT2D eigenvalue weighted by Gasteiger charge is -2.32. The van der Waals surface area contributed by atoms with Crippen LogP contribution in [0.3, 0.4) is 0 Å². The fourth-order valence-corrected chi connectivity index (χ4v) is 3.89. The van der Waals surface area contributed by atoms with Crippen LogP contribution in [0.15, 0.2) is 48.5 Å². The number of carbonyl (C=O) groups is 1. The second-order valence-corrected chi connectivity index (χ2v) is 7.75. The van der Waals surface area contributed by atoms with Crippen LogP contribution in [0.25, 0.3) is 0 Å². The van der Waals surface area contributed by atoms with E-state index in [2.05, 4.69) is 29.6 Å². The van der Waals surface area contributed by atoms with Crippen LogP contribution in [0, 0.1) is 0 Å². The minimum absolute atomic E-state index is 0.00395. The summed E-state index contributed by atoms with van der Waals surface area (Å²) in [4.78, 5) is 15.5. The molecule has 26 heavy (non-hydrogen) atoms. The van der Waals surface area contributed by atoms with Gasteiger partial charge >= 0.3 is 0 Å². The molecule has 1 aliphatic heterocycles. The van der Waals surface area contributed by atoms with E-state index in [1.165, 1.54) is 10.5 Å². The first-order chi connectivity index (χ1) is 12.5. The lowest BCUT2D eigenvalue weighted by atomic mass is 10.1. The molecular formula is C20H25Cl2N3O+2. The molecule has 2 aromatic rings. The van der Waals surface area contributed by atoms with Gasteiger partial charge in [-0.05, 0) is 25.1 Å². The van der Waals surface area contributed by atoms with Gasteiger partial charge in [-0.15, -0.1) is 0 Å². The second-order valence-electron chi connectivity index (χ2n) is 6.91. The van der Waals surface area contributed by atoms with Gasteiger partial charge in [0.25, 0.3) is 5.91 Å². The molecule has 0 radical (unpaired) electrons. The number of carbonyl (C=O) groups excluding carboxylic acids is 1. The Labute approximate surface area is 164 Å². The van der Waals surface area contributed by atoms with Crippen LogP contribution in [0.2, 0.25) is 10.0 Å². The van der Waals surface area contributed by atoms with Crippen LogP contribution in [-0.4, -0.2) is 38.1 Å². The van der Waals surface area contributed by atoms with Crippen LogP contribution in [-0.2, 0) is 11.3 Å². The zero-order valence-corrected chi connectivity index (χ0v) is 16.4. The molecule has 6 heteroatoms. The smallest absolute Gasteiger partial charge is 0.282 e. The maximum absolute atomic E-state index is 12.6. The average Bonchev–Trinajstić information content (AvgIpc) is 2.65. The Hall–Kier alpha value is -1.59. The van der Waals surface area contributed by atoms with Gasteiger partial charge in [0.15, 0.2) is 6.04 Å². The van der Waals surface area contributed by atoms with E-state index in [1.54, 1.807) is 23.1 Å². The standard InChI is InChI=1S/C20H23Cl2N3O/c1-15(20(26)23-19-8-7-17(21)13-18(19)22)25-11-9-24(10-12-25)14-16-5-3-2-4-6-16/h2-8,13,15H,9-12,14H2,1H3,(H,23,26)/p+2/t15-/m1/s1. The molecule has 0 saturated carbocycles. The summed E-state index contributed by atoms with van der Waals surface area (Å²) < 4.78 is 0. The number of benzene rings is 2. The molecule has 2 aromatic carbocycles. The zero-order chi connectivity index (χ0) is 18.5. The first-order valence-corrected chi connectivity index (χ1v) is 9.76. The molecular weight excluding hydrogens is 369 g/mol. The first-order valence-electron chi connectivity index (χ1n) is 9.01. The third kappa shape index (κ3) is 4.98. The number of rotatable bonds is 5. The number of piperazine rings is 1. The molecule has 4 nitrogen and oxygen atoms in total. The molecule has 0 spiro atoms. The van der Waals surface area contributed by atoms with Crippen molar-refractivity contribution in [3.8, 4) is 0 Å². The highest BCUT2D eigenvalue weighted by Gasteiger charge is 2.31. The Bertz CT molecular complexity index is 746. The summed E-state index contributed by atoms with van der Waals surface area (Å²) in [5.74, 6) is -0.00395. The van der Waals surface area contributed by atoms with Gasteiger partial charge in [-0.1, -0.05) is 53.5 Å². The topological polar surface area (TPSA) is 38.0 Å². The van der Waals surface area contributed by atoms with Gasteiger partial charge in [-0.25, -0.2) is 0 Å². The lowest BCUT2D eigenvalue weighted by molar-refractivity contribution is -1.02. The molecule has 0 bridgehead atoms.